The van der Waals surface area contributed by atoms with Crippen LogP contribution in [0.2, 0.25) is 0 Å². The maximum atomic E-state index is 12.5. The van der Waals surface area contributed by atoms with E-state index in [1.807, 2.05) is 12.1 Å². The summed E-state index contributed by atoms with van der Waals surface area (Å²) in [6, 6.07) is 3.76. The number of nitrogen functional groups attached to an aromatic ring is 1. The molecule has 2 aromatic heterocycles. The number of aliphatic hydroxyl groups excluding tert-OH is 1. The second-order valence-corrected chi connectivity index (χ2v) is 6.42. The Morgan fingerprint density at radius 2 is 2.35 bits per heavy atom. The third-order valence-corrected chi connectivity index (χ3v) is 4.91. The van der Waals surface area contributed by atoms with Crippen LogP contribution >= 0.6 is 11.3 Å². The van der Waals surface area contributed by atoms with Crippen molar-refractivity contribution < 1.29 is 9.90 Å². The van der Waals surface area contributed by atoms with E-state index in [0.29, 0.717) is 28.5 Å². The normalized spacial score (nSPS) is 21.7. The summed E-state index contributed by atoms with van der Waals surface area (Å²) >= 11 is 1.39. The predicted octanol–water partition coefficient (Wildman–Crippen LogP) is 1.72. The van der Waals surface area contributed by atoms with Crippen LogP contribution in [0.25, 0.3) is 10.2 Å². The van der Waals surface area contributed by atoms with Gasteiger partial charge in [0.25, 0.3) is 5.91 Å². The number of thiophene rings is 1. The molecule has 1 amide bonds. The third-order valence-electron chi connectivity index (χ3n) is 3.77. The highest BCUT2D eigenvalue weighted by Crippen LogP contribution is 2.33. The lowest BCUT2D eigenvalue weighted by atomic mass is 9.82. The minimum Gasteiger partial charge on any atom is -0.396 e. The van der Waals surface area contributed by atoms with Crippen LogP contribution in [0.1, 0.15) is 22.5 Å². The number of fused-ring (bicyclic) bond motifs is 1. The van der Waals surface area contributed by atoms with Gasteiger partial charge in [-0.15, -0.1) is 11.3 Å². The summed E-state index contributed by atoms with van der Waals surface area (Å²) in [4.78, 5) is 18.9. The van der Waals surface area contributed by atoms with Gasteiger partial charge in [-0.2, -0.15) is 0 Å². The SMILES string of the molecule is CN(CC1CC(O)C1)C(=O)c1sc2cccnc2c1N. The van der Waals surface area contributed by atoms with Crippen molar-refractivity contribution in [1.29, 1.82) is 0 Å². The van der Waals surface area contributed by atoms with E-state index in [2.05, 4.69) is 4.98 Å². The van der Waals surface area contributed by atoms with Gasteiger partial charge in [0.2, 0.25) is 0 Å². The van der Waals surface area contributed by atoms with Crippen molar-refractivity contribution in [2.24, 2.45) is 5.92 Å². The molecule has 1 aliphatic carbocycles. The van der Waals surface area contributed by atoms with Gasteiger partial charge in [-0.3, -0.25) is 9.78 Å². The number of carbonyl (C=O) groups excluding carboxylic acids is 1. The Balaban J connectivity index is 1.79. The van der Waals surface area contributed by atoms with Crippen molar-refractivity contribution in [1.82, 2.24) is 9.88 Å². The van der Waals surface area contributed by atoms with Crippen molar-refractivity contribution in [3.63, 3.8) is 0 Å². The Kier molecular flexibility index (Phi) is 3.35. The third kappa shape index (κ3) is 2.25. The summed E-state index contributed by atoms with van der Waals surface area (Å²) < 4.78 is 0.931. The average Bonchev–Trinajstić information content (AvgIpc) is 2.74. The second-order valence-electron chi connectivity index (χ2n) is 5.37. The zero-order chi connectivity index (χ0) is 14.3. The van der Waals surface area contributed by atoms with Gasteiger partial charge in [0.1, 0.15) is 10.4 Å². The number of hydrogen-bond acceptors (Lipinski definition) is 5. The van der Waals surface area contributed by atoms with Gasteiger partial charge in [-0.25, -0.2) is 0 Å². The zero-order valence-corrected chi connectivity index (χ0v) is 12.1. The Labute approximate surface area is 121 Å². The highest BCUT2D eigenvalue weighted by molar-refractivity contribution is 7.21. The van der Waals surface area contributed by atoms with E-state index in [1.54, 1.807) is 18.1 Å². The summed E-state index contributed by atoms with van der Waals surface area (Å²) in [6.07, 6.45) is 3.04. The van der Waals surface area contributed by atoms with Crippen LogP contribution in [0.5, 0.6) is 0 Å². The number of rotatable bonds is 3. The molecule has 106 valence electrons. The standard InChI is InChI=1S/C14H17N3O2S/c1-17(7-8-5-9(18)6-8)14(19)13-11(15)12-10(20-13)3-2-4-16-12/h2-4,8-9,18H,5-7,15H2,1H3. The fourth-order valence-electron chi connectivity index (χ4n) is 2.60. The van der Waals surface area contributed by atoms with Crippen LogP contribution in [0.15, 0.2) is 18.3 Å². The lowest BCUT2D eigenvalue weighted by molar-refractivity contribution is 0.0267. The number of pyridine rings is 1. The lowest BCUT2D eigenvalue weighted by Crippen LogP contribution is -2.39. The molecule has 3 N–H and O–H groups in total. The van der Waals surface area contributed by atoms with E-state index >= 15 is 0 Å². The molecule has 1 fully saturated rings. The number of nitrogens with zero attached hydrogens (tertiary/aromatic N) is 2. The molecule has 3 rings (SSSR count). The number of aromatic nitrogens is 1. The first-order valence-corrected chi connectivity index (χ1v) is 7.44. The minimum absolute atomic E-state index is 0.0631. The van der Waals surface area contributed by atoms with Gasteiger partial charge >= 0.3 is 0 Å². The summed E-state index contributed by atoms with van der Waals surface area (Å²) in [5, 5.41) is 9.30. The predicted molar refractivity (Wildman–Crippen MR) is 79.7 cm³/mol. The molecule has 0 atom stereocenters. The van der Waals surface area contributed by atoms with Gasteiger partial charge in [-0.05, 0) is 30.9 Å². The second kappa shape index (κ2) is 5.03. The van der Waals surface area contributed by atoms with Crippen LogP contribution < -0.4 is 5.73 Å². The molecule has 1 aliphatic rings. The lowest BCUT2D eigenvalue weighted by Gasteiger charge is -2.34. The van der Waals surface area contributed by atoms with Gasteiger partial charge in [0.15, 0.2) is 0 Å². The zero-order valence-electron chi connectivity index (χ0n) is 11.2. The van der Waals surface area contributed by atoms with Gasteiger partial charge in [-0.1, -0.05) is 0 Å². The monoisotopic (exact) mass is 291 g/mol. The van der Waals surface area contributed by atoms with Crippen LogP contribution in [0, 0.1) is 5.92 Å². The fourth-order valence-corrected chi connectivity index (χ4v) is 3.68. The van der Waals surface area contributed by atoms with E-state index in [1.165, 1.54) is 11.3 Å². The molecule has 0 aromatic carbocycles. The summed E-state index contributed by atoms with van der Waals surface area (Å²) in [5.74, 6) is 0.333. The molecule has 1 saturated carbocycles. The Hall–Kier alpha value is -1.66. The number of carbonyl (C=O) groups is 1. The first-order valence-electron chi connectivity index (χ1n) is 6.62. The molecular weight excluding hydrogens is 274 g/mol. The Morgan fingerprint density at radius 3 is 3.00 bits per heavy atom. The minimum atomic E-state index is -0.193. The van der Waals surface area contributed by atoms with Crippen LogP contribution in [0.3, 0.4) is 0 Å². The molecule has 2 heterocycles. The Bertz CT molecular complexity index is 649. The van der Waals surface area contributed by atoms with E-state index in [9.17, 15) is 9.90 Å². The van der Waals surface area contributed by atoms with Crippen LogP contribution in [-0.2, 0) is 0 Å². The quantitative estimate of drug-likeness (QED) is 0.902. The molecule has 0 bridgehead atoms. The maximum absolute atomic E-state index is 12.5. The molecule has 0 radical (unpaired) electrons. The van der Waals surface area contributed by atoms with Crippen molar-refractivity contribution in [2.75, 3.05) is 19.3 Å². The molecule has 20 heavy (non-hydrogen) atoms. The number of anilines is 1. The number of aliphatic hydroxyl groups is 1. The van der Waals surface area contributed by atoms with Gasteiger partial charge in [0, 0.05) is 19.8 Å². The highest BCUT2D eigenvalue weighted by atomic mass is 32.1. The molecule has 0 saturated heterocycles. The van der Waals surface area contributed by atoms with Crippen molar-refractivity contribution in [3.8, 4) is 0 Å². The largest absolute Gasteiger partial charge is 0.396 e. The molecule has 0 spiro atoms. The van der Waals surface area contributed by atoms with Crippen LogP contribution in [0.4, 0.5) is 5.69 Å². The summed E-state index contributed by atoms with van der Waals surface area (Å²) in [6.45, 7) is 0.664. The van der Waals surface area contributed by atoms with E-state index in [-0.39, 0.29) is 12.0 Å². The van der Waals surface area contributed by atoms with Gasteiger partial charge < -0.3 is 15.7 Å². The molecule has 2 aromatic rings. The van der Waals surface area contributed by atoms with E-state index < -0.39 is 0 Å². The fraction of sp³-hybridized carbons (Fsp3) is 0.429. The molecule has 0 unspecified atom stereocenters. The van der Waals surface area contributed by atoms with Crippen molar-refractivity contribution in [3.05, 3.63) is 23.2 Å². The average molecular weight is 291 g/mol. The summed E-state index contributed by atoms with van der Waals surface area (Å²) in [7, 11) is 1.78. The highest BCUT2D eigenvalue weighted by Gasteiger charge is 2.30. The molecule has 6 heteroatoms. The molecule has 5 nitrogen and oxygen atoms in total. The summed E-state index contributed by atoms with van der Waals surface area (Å²) in [5.41, 5.74) is 7.21. The molecular formula is C14H17N3O2S. The van der Waals surface area contributed by atoms with Crippen molar-refractivity contribution >= 4 is 33.1 Å². The van der Waals surface area contributed by atoms with E-state index in [0.717, 1.165) is 17.5 Å². The smallest absolute Gasteiger partial charge is 0.265 e. The number of nitrogens with two attached hydrogens (primary N) is 1. The number of hydrogen-bond donors (Lipinski definition) is 2. The van der Waals surface area contributed by atoms with E-state index in [4.69, 9.17) is 5.73 Å². The first kappa shape index (κ1) is 13.3. The maximum Gasteiger partial charge on any atom is 0.265 e. The van der Waals surface area contributed by atoms with Gasteiger partial charge in [0.05, 0.1) is 16.5 Å². The topological polar surface area (TPSA) is 79.5 Å². The Morgan fingerprint density at radius 1 is 1.60 bits per heavy atom. The van der Waals surface area contributed by atoms with Crippen molar-refractivity contribution in [2.45, 2.75) is 18.9 Å². The van der Waals surface area contributed by atoms with Crippen LogP contribution in [-0.4, -0.2) is 40.6 Å². The number of amides is 1. The first-order chi connectivity index (χ1) is 9.56. The molecule has 0 aliphatic heterocycles.